The number of aromatic nitrogens is 2. The van der Waals surface area contributed by atoms with Crippen molar-refractivity contribution < 1.29 is 4.74 Å². The molecule has 0 aromatic carbocycles. The second-order valence-electron chi connectivity index (χ2n) is 3.84. The third kappa shape index (κ3) is 3.94. The van der Waals surface area contributed by atoms with Crippen LogP contribution >= 0.6 is 0 Å². The Kier molecular flexibility index (Phi) is 6.11. The Morgan fingerprint density at radius 2 is 2.31 bits per heavy atom. The Morgan fingerprint density at radius 1 is 1.50 bits per heavy atom. The van der Waals surface area contributed by atoms with E-state index in [0.29, 0.717) is 6.04 Å². The number of nitrogens with one attached hydrogen (secondary N) is 1. The Balaban J connectivity index is 2.38. The minimum atomic E-state index is 0.417. The molecule has 1 aromatic rings. The van der Waals surface area contributed by atoms with Crippen molar-refractivity contribution in [2.45, 2.75) is 39.3 Å². The highest BCUT2D eigenvalue weighted by atomic mass is 16.5. The summed E-state index contributed by atoms with van der Waals surface area (Å²) in [6, 6.07) is 0.417. The molecule has 0 aliphatic heterocycles. The van der Waals surface area contributed by atoms with Crippen molar-refractivity contribution in [2.24, 2.45) is 0 Å². The summed E-state index contributed by atoms with van der Waals surface area (Å²) in [5, 5.41) is 7.63. The molecule has 0 saturated carbocycles. The van der Waals surface area contributed by atoms with Gasteiger partial charge in [-0.05, 0) is 26.8 Å². The quantitative estimate of drug-likeness (QED) is 0.688. The SMILES string of the molecule is CCOCCCn1cc(C(CC)NC)cn1. The summed E-state index contributed by atoms with van der Waals surface area (Å²) >= 11 is 0. The van der Waals surface area contributed by atoms with E-state index in [4.69, 9.17) is 4.74 Å². The van der Waals surface area contributed by atoms with E-state index in [-0.39, 0.29) is 0 Å². The van der Waals surface area contributed by atoms with Crippen LogP contribution < -0.4 is 5.32 Å². The molecule has 1 rings (SSSR count). The summed E-state index contributed by atoms with van der Waals surface area (Å²) in [5.74, 6) is 0. The molecule has 1 unspecified atom stereocenters. The molecule has 0 fully saturated rings. The van der Waals surface area contributed by atoms with Gasteiger partial charge in [0.15, 0.2) is 0 Å². The Morgan fingerprint density at radius 3 is 2.94 bits per heavy atom. The highest BCUT2D eigenvalue weighted by Gasteiger charge is 2.08. The van der Waals surface area contributed by atoms with Crippen LogP contribution in [0.15, 0.2) is 12.4 Å². The van der Waals surface area contributed by atoms with Gasteiger partial charge in [0.25, 0.3) is 0 Å². The van der Waals surface area contributed by atoms with E-state index in [1.54, 1.807) is 0 Å². The van der Waals surface area contributed by atoms with Crippen molar-refractivity contribution in [3.05, 3.63) is 18.0 Å². The minimum absolute atomic E-state index is 0.417. The van der Waals surface area contributed by atoms with E-state index in [9.17, 15) is 0 Å². The Hall–Kier alpha value is -0.870. The van der Waals surface area contributed by atoms with E-state index in [1.165, 1.54) is 5.56 Å². The molecule has 0 spiro atoms. The van der Waals surface area contributed by atoms with Gasteiger partial charge in [0, 0.05) is 37.6 Å². The Bertz CT molecular complexity index is 282. The molecule has 92 valence electrons. The average molecular weight is 225 g/mol. The lowest BCUT2D eigenvalue weighted by Crippen LogP contribution is -2.14. The van der Waals surface area contributed by atoms with Crippen molar-refractivity contribution >= 4 is 0 Å². The lowest BCUT2D eigenvalue weighted by Gasteiger charge is -2.10. The minimum Gasteiger partial charge on any atom is -0.382 e. The van der Waals surface area contributed by atoms with Crippen LogP contribution in [-0.2, 0) is 11.3 Å². The zero-order valence-corrected chi connectivity index (χ0v) is 10.6. The number of aryl methyl sites for hydroxylation is 1. The third-order valence-corrected chi connectivity index (χ3v) is 2.69. The highest BCUT2D eigenvalue weighted by Crippen LogP contribution is 2.14. The van der Waals surface area contributed by atoms with Gasteiger partial charge in [0.1, 0.15) is 0 Å². The Labute approximate surface area is 98.0 Å². The zero-order chi connectivity index (χ0) is 11.8. The van der Waals surface area contributed by atoms with Crippen LogP contribution in [0.5, 0.6) is 0 Å². The summed E-state index contributed by atoms with van der Waals surface area (Å²) in [5.41, 5.74) is 1.27. The van der Waals surface area contributed by atoms with Gasteiger partial charge in [-0.2, -0.15) is 5.10 Å². The maximum absolute atomic E-state index is 5.30. The van der Waals surface area contributed by atoms with E-state index >= 15 is 0 Å². The largest absolute Gasteiger partial charge is 0.382 e. The first kappa shape index (κ1) is 13.2. The maximum atomic E-state index is 5.30. The summed E-state index contributed by atoms with van der Waals surface area (Å²) in [6.45, 7) is 6.73. The molecule has 0 aliphatic carbocycles. The fourth-order valence-corrected chi connectivity index (χ4v) is 1.76. The topological polar surface area (TPSA) is 39.1 Å². The summed E-state index contributed by atoms with van der Waals surface area (Å²) in [4.78, 5) is 0. The molecule has 1 N–H and O–H groups in total. The van der Waals surface area contributed by atoms with Gasteiger partial charge >= 0.3 is 0 Å². The van der Waals surface area contributed by atoms with Gasteiger partial charge in [-0.1, -0.05) is 6.92 Å². The smallest absolute Gasteiger partial charge is 0.0537 e. The predicted octanol–water partition coefficient (Wildman–Crippen LogP) is 1.98. The molecule has 0 aliphatic rings. The van der Waals surface area contributed by atoms with Gasteiger partial charge in [0.2, 0.25) is 0 Å². The van der Waals surface area contributed by atoms with Crippen molar-refractivity contribution in [3.8, 4) is 0 Å². The standard InChI is InChI=1S/C12H23N3O/c1-4-12(13-3)11-9-14-15(10-11)7-6-8-16-5-2/h9-10,12-13H,4-8H2,1-3H3. The molecule has 1 atom stereocenters. The number of hydrogen-bond acceptors (Lipinski definition) is 3. The first-order valence-corrected chi connectivity index (χ1v) is 6.09. The van der Waals surface area contributed by atoms with Crippen LogP contribution in [0.1, 0.15) is 38.3 Å². The second kappa shape index (κ2) is 7.41. The molecule has 4 nitrogen and oxygen atoms in total. The fourth-order valence-electron chi connectivity index (χ4n) is 1.76. The van der Waals surface area contributed by atoms with Crippen LogP contribution in [0.3, 0.4) is 0 Å². The number of ether oxygens (including phenoxy) is 1. The predicted molar refractivity (Wildman–Crippen MR) is 65.4 cm³/mol. The molecule has 4 heteroatoms. The third-order valence-electron chi connectivity index (χ3n) is 2.69. The van der Waals surface area contributed by atoms with Crippen molar-refractivity contribution in [3.63, 3.8) is 0 Å². The van der Waals surface area contributed by atoms with Gasteiger partial charge < -0.3 is 10.1 Å². The zero-order valence-electron chi connectivity index (χ0n) is 10.6. The average Bonchev–Trinajstić information content (AvgIpc) is 2.75. The number of rotatable bonds is 8. The van der Waals surface area contributed by atoms with E-state index in [1.807, 2.05) is 24.9 Å². The molecule has 0 radical (unpaired) electrons. The number of nitrogens with zero attached hydrogens (tertiary/aromatic N) is 2. The number of hydrogen-bond donors (Lipinski definition) is 1. The summed E-state index contributed by atoms with van der Waals surface area (Å²) in [6.07, 6.45) is 6.18. The van der Waals surface area contributed by atoms with E-state index in [2.05, 4.69) is 23.5 Å². The van der Waals surface area contributed by atoms with Crippen molar-refractivity contribution in [1.29, 1.82) is 0 Å². The molecule has 0 amide bonds. The van der Waals surface area contributed by atoms with Crippen LogP contribution in [0.4, 0.5) is 0 Å². The lowest BCUT2D eigenvalue weighted by atomic mass is 10.1. The summed E-state index contributed by atoms with van der Waals surface area (Å²) in [7, 11) is 1.99. The molecule has 1 heterocycles. The van der Waals surface area contributed by atoms with Crippen LogP contribution in [-0.4, -0.2) is 30.0 Å². The van der Waals surface area contributed by atoms with Gasteiger partial charge in [-0.25, -0.2) is 0 Å². The van der Waals surface area contributed by atoms with Crippen molar-refractivity contribution in [2.75, 3.05) is 20.3 Å². The van der Waals surface area contributed by atoms with Crippen LogP contribution in [0.25, 0.3) is 0 Å². The molecular weight excluding hydrogens is 202 g/mol. The van der Waals surface area contributed by atoms with E-state index < -0.39 is 0 Å². The van der Waals surface area contributed by atoms with Gasteiger partial charge in [-0.15, -0.1) is 0 Å². The first-order chi connectivity index (χ1) is 7.81. The fraction of sp³-hybridized carbons (Fsp3) is 0.750. The maximum Gasteiger partial charge on any atom is 0.0537 e. The molecule has 16 heavy (non-hydrogen) atoms. The lowest BCUT2D eigenvalue weighted by molar-refractivity contribution is 0.141. The van der Waals surface area contributed by atoms with Crippen molar-refractivity contribution in [1.82, 2.24) is 15.1 Å². The normalized spacial score (nSPS) is 12.9. The van der Waals surface area contributed by atoms with Gasteiger partial charge in [-0.3, -0.25) is 4.68 Å². The molecular formula is C12H23N3O. The molecule has 0 bridgehead atoms. The first-order valence-electron chi connectivity index (χ1n) is 6.09. The molecule has 0 saturated heterocycles. The molecule has 1 aromatic heterocycles. The highest BCUT2D eigenvalue weighted by molar-refractivity contribution is 5.09. The monoisotopic (exact) mass is 225 g/mol. The van der Waals surface area contributed by atoms with Crippen LogP contribution in [0, 0.1) is 0 Å². The van der Waals surface area contributed by atoms with Crippen LogP contribution in [0.2, 0.25) is 0 Å². The summed E-state index contributed by atoms with van der Waals surface area (Å²) < 4.78 is 7.29. The van der Waals surface area contributed by atoms with E-state index in [0.717, 1.165) is 32.6 Å². The van der Waals surface area contributed by atoms with Gasteiger partial charge in [0.05, 0.1) is 6.20 Å². The second-order valence-corrected chi connectivity index (χ2v) is 3.84.